The monoisotopic (exact) mass is 360 g/mol. The van der Waals surface area contributed by atoms with E-state index in [9.17, 15) is 13.9 Å². The average Bonchev–Trinajstić information content (AvgIpc) is 2.47. The Morgan fingerprint density at radius 3 is 2.35 bits per heavy atom. The smallest absolute Gasteiger partial charge is 0.139 e. The van der Waals surface area contributed by atoms with Gasteiger partial charge in [-0.3, -0.25) is 4.98 Å². The number of aromatic hydroxyl groups is 1. The molecule has 0 amide bonds. The van der Waals surface area contributed by atoms with Crippen LogP contribution in [0.25, 0.3) is 11.3 Å². The molecule has 0 spiro atoms. The van der Waals surface area contributed by atoms with Crippen LogP contribution in [0.4, 0.5) is 8.78 Å². The minimum absolute atomic E-state index is 0. The van der Waals surface area contributed by atoms with E-state index in [1.165, 1.54) is 0 Å². The van der Waals surface area contributed by atoms with E-state index in [-0.39, 0.29) is 30.7 Å². The number of pyridine rings is 1. The van der Waals surface area contributed by atoms with E-state index >= 15 is 0 Å². The van der Waals surface area contributed by atoms with Gasteiger partial charge in [0.2, 0.25) is 0 Å². The first kappa shape index (κ1) is 17.2. The Bertz CT molecular complexity index is 786. The summed E-state index contributed by atoms with van der Waals surface area (Å²) in [6, 6.07) is 16.2. The number of halogens is 2. The molecule has 1 N–H and O–H groups in total. The standard InChI is InChI=1S/C18H12F2NO.Zn/c19-13-10-15(20)18(17(22)11-13)16-8-4-7-14(21-16)9-12-5-2-1-3-6-12;/h1-11,22H;. The number of phenols is 1. The Balaban J connectivity index is 0.00000192. The first-order chi connectivity index (χ1) is 10.6. The van der Waals surface area contributed by atoms with Gasteiger partial charge in [-0.1, -0.05) is 36.4 Å². The molecular formula is C18H12F2NOZn. The molecule has 0 bridgehead atoms. The summed E-state index contributed by atoms with van der Waals surface area (Å²) >= 11 is 0. The van der Waals surface area contributed by atoms with E-state index in [1.54, 1.807) is 18.2 Å². The van der Waals surface area contributed by atoms with Gasteiger partial charge in [-0.05, 0) is 17.7 Å². The SMILES string of the molecule is Oc1cc(F)cc(F)c1-c1cccc([CH]c2ccccc2)n1.[Zn]. The average molecular weight is 362 g/mol. The predicted molar refractivity (Wildman–Crippen MR) is 80.2 cm³/mol. The summed E-state index contributed by atoms with van der Waals surface area (Å²) in [5, 5.41) is 9.78. The van der Waals surface area contributed by atoms with E-state index < -0.39 is 17.4 Å². The molecule has 0 saturated carbocycles. The first-order valence-corrected chi connectivity index (χ1v) is 6.69. The molecule has 0 aliphatic heterocycles. The fourth-order valence-corrected chi connectivity index (χ4v) is 2.20. The summed E-state index contributed by atoms with van der Waals surface area (Å²) in [6.07, 6.45) is 1.84. The van der Waals surface area contributed by atoms with Gasteiger partial charge >= 0.3 is 0 Å². The van der Waals surface area contributed by atoms with Crippen LogP contribution in [0.1, 0.15) is 11.3 Å². The minimum Gasteiger partial charge on any atom is -0.507 e. The second-order valence-electron chi connectivity index (χ2n) is 4.78. The Labute approximate surface area is 145 Å². The molecule has 2 aromatic carbocycles. The molecule has 0 atom stereocenters. The van der Waals surface area contributed by atoms with Gasteiger partial charge in [0, 0.05) is 43.7 Å². The van der Waals surface area contributed by atoms with Gasteiger partial charge in [-0.25, -0.2) is 8.78 Å². The molecule has 23 heavy (non-hydrogen) atoms. The molecule has 0 fully saturated rings. The van der Waals surface area contributed by atoms with Crippen LogP contribution >= 0.6 is 0 Å². The summed E-state index contributed by atoms with van der Waals surface area (Å²) in [6.45, 7) is 0. The summed E-state index contributed by atoms with van der Waals surface area (Å²) in [4.78, 5) is 4.31. The van der Waals surface area contributed by atoms with E-state index in [4.69, 9.17) is 0 Å². The van der Waals surface area contributed by atoms with Crippen molar-refractivity contribution in [3.63, 3.8) is 0 Å². The third-order valence-corrected chi connectivity index (χ3v) is 3.18. The molecule has 1 aromatic heterocycles. The molecule has 3 aromatic rings. The number of aromatic nitrogens is 1. The molecule has 0 unspecified atom stereocenters. The molecule has 1 radical (unpaired) electrons. The maximum Gasteiger partial charge on any atom is 0.139 e. The fourth-order valence-electron chi connectivity index (χ4n) is 2.20. The van der Waals surface area contributed by atoms with Crippen LogP contribution in [-0.4, -0.2) is 10.1 Å². The van der Waals surface area contributed by atoms with Crippen molar-refractivity contribution in [2.45, 2.75) is 0 Å². The van der Waals surface area contributed by atoms with Gasteiger partial charge in [-0.15, -0.1) is 0 Å². The second-order valence-corrected chi connectivity index (χ2v) is 4.78. The molecule has 2 nitrogen and oxygen atoms in total. The topological polar surface area (TPSA) is 33.1 Å². The van der Waals surface area contributed by atoms with Gasteiger partial charge in [0.25, 0.3) is 0 Å². The molecule has 1 heterocycles. The predicted octanol–water partition coefficient (Wildman–Crippen LogP) is 4.33. The summed E-state index contributed by atoms with van der Waals surface area (Å²) in [5.74, 6) is -2.14. The van der Waals surface area contributed by atoms with Crippen molar-refractivity contribution < 1.29 is 33.4 Å². The van der Waals surface area contributed by atoms with E-state index in [1.807, 2.05) is 36.8 Å². The summed E-state index contributed by atoms with van der Waals surface area (Å²) < 4.78 is 27.0. The molecule has 0 aliphatic rings. The Hall–Kier alpha value is -2.13. The van der Waals surface area contributed by atoms with Crippen molar-refractivity contribution in [2.75, 3.05) is 0 Å². The Kier molecular flexibility index (Phi) is 5.56. The van der Waals surface area contributed by atoms with Gasteiger partial charge in [0.05, 0.1) is 11.3 Å². The van der Waals surface area contributed by atoms with Crippen molar-refractivity contribution in [2.24, 2.45) is 0 Å². The summed E-state index contributed by atoms with van der Waals surface area (Å²) in [5.41, 5.74) is 1.71. The maximum atomic E-state index is 13.9. The van der Waals surface area contributed by atoms with Crippen molar-refractivity contribution in [1.82, 2.24) is 4.98 Å². The second kappa shape index (κ2) is 7.43. The van der Waals surface area contributed by atoms with Gasteiger partial charge in [0.15, 0.2) is 0 Å². The van der Waals surface area contributed by atoms with Gasteiger partial charge in [-0.2, -0.15) is 0 Å². The number of hydrogen-bond donors (Lipinski definition) is 1. The molecule has 5 heteroatoms. The van der Waals surface area contributed by atoms with Crippen LogP contribution in [0, 0.1) is 18.1 Å². The molecule has 111 valence electrons. The number of benzene rings is 2. The molecular weight excluding hydrogens is 350 g/mol. The number of hydrogen-bond acceptors (Lipinski definition) is 2. The van der Waals surface area contributed by atoms with Crippen LogP contribution in [-0.2, 0) is 19.5 Å². The van der Waals surface area contributed by atoms with Crippen LogP contribution in [0.2, 0.25) is 0 Å². The third kappa shape index (κ3) is 3.99. The van der Waals surface area contributed by atoms with Gasteiger partial charge < -0.3 is 5.11 Å². The van der Waals surface area contributed by atoms with Crippen LogP contribution in [0.3, 0.4) is 0 Å². The van der Waals surface area contributed by atoms with E-state index in [2.05, 4.69) is 4.98 Å². The number of nitrogens with zero attached hydrogens (tertiary/aromatic N) is 1. The zero-order valence-electron chi connectivity index (χ0n) is 12.2. The number of phenolic OH excluding ortho intramolecular Hbond substituents is 1. The summed E-state index contributed by atoms with van der Waals surface area (Å²) in [7, 11) is 0. The maximum absolute atomic E-state index is 13.9. The van der Waals surface area contributed by atoms with E-state index in [0.29, 0.717) is 5.69 Å². The quantitative estimate of drug-likeness (QED) is 0.704. The van der Waals surface area contributed by atoms with Crippen molar-refractivity contribution in [3.8, 4) is 17.0 Å². The largest absolute Gasteiger partial charge is 0.507 e. The van der Waals surface area contributed by atoms with Crippen molar-refractivity contribution in [3.05, 3.63) is 90.0 Å². The number of rotatable bonds is 3. The van der Waals surface area contributed by atoms with Crippen LogP contribution in [0.5, 0.6) is 5.75 Å². The fraction of sp³-hybridized carbons (Fsp3) is 0. The van der Waals surface area contributed by atoms with Crippen molar-refractivity contribution in [1.29, 1.82) is 0 Å². The zero-order chi connectivity index (χ0) is 15.5. The Morgan fingerprint density at radius 2 is 1.65 bits per heavy atom. The molecule has 0 aliphatic carbocycles. The first-order valence-electron chi connectivity index (χ1n) is 6.69. The zero-order valence-corrected chi connectivity index (χ0v) is 15.2. The molecule has 3 rings (SSSR count). The third-order valence-electron chi connectivity index (χ3n) is 3.18. The van der Waals surface area contributed by atoms with Crippen LogP contribution in [0.15, 0.2) is 60.7 Å². The van der Waals surface area contributed by atoms with E-state index in [0.717, 1.165) is 17.7 Å². The van der Waals surface area contributed by atoms with Crippen molar-refractivity contribution >= 4 is 0 Å². The normalized spacial score (nSPS) is 10.2. The van der Waals surface area contributed by atoms with Gasteiger partial charge in [0.1, 0.15) is 17.4 Å². The molecule has 0 saturated heterocycles. The Morgan fingerprint density at radius 1 is 0.913 bits per heavy atom. The van der Waals surface area contributed by atoms with Crippen LogP contribution < -0.4 is 0 Å². The minimum atomic E-state index is -0.845.